The van der Waals surface area contributed by atoms with E-state index in [4.69, 9.17) is 29.4 Å². The third kappa shape index (κ3) is 46.3. The summed E-state index contributed by atoms with van der Waals surface area (Å²) in [6.45, 7) is 30.8. The van der Waals surface area contributed by atoms with Gasteiger partial charge >= 0.3 is 0 Å². The molecule has 0 spiro atoms. The van der Waals surface area contributed by atoms with Crippen molar-refractivity contribution in [1.82, 2.24) is 0 Å². The number of unbranched alkanes of at least 4 members (excludes halogenated alkanes) is 12. The van der Waals surface area contributed by atoms with Crippen LogP contribution in [0.25, 0.3) is 15.8 Å². The van der Waals surface area contributed by atoms with Crippen LogP contribution in [0.1, 0.15) is 233 Å². The summed E-state index contributed by atoms with van der Waals surface area (Å²) in [5.74, 6) is 0. The Balaban J connectivity index is 0.000000717. The van der Waals surface area contributed by atoms with Crippen molar-refractivity contribution in [1.29, 1.82) is 10.5 Å². The van der Waals surface area contributed by atoms with E-state index in [1.54, 1.807) is 36.4 Å². The Kier molecular flexibility index (Phi) is 53.7. The minimum Gasteiger partial charge on any atom is -0.399 e. The highest BCUT2D eigenvalue weighted by molar-refractivity contribution is 5.77. The molecule has 0 aliphatic carbocycles. The Morgan fingerprint density at radius 2 is 0.732 bits per heavy atom. The van der Waals surface area contributed by atoms with E-state index < -0.39 is 0 Å². The summed E-state index contributed by atoms with van der Waals surface area (Å²) in [6, 6.07) is 70.1. The number of hydrogen-bond donors (Lipinski definition) is 2. The summed E-state index contributed by atoms with van der Waals surface area (Å²) in [7, 11) is 13.3. The highest BCUT2D eigenvalue weighted by Crippen LogP contribution is 2.24. The number of quaternary nitrogens is 2. The van der Waals surface area contributed by atoms with Gasteiger partial charge in [-0.2, -0.15) is 5.26 Å². The van der Waals surface area contributed by atoms with Gasteiger partial charge in [0, 0.05) is 59.1 Å². The lowest BCUT2D eigenvalue weighted by molar-refractivity contribution is -0.868. The minimum absolute atomic E-state index is 0. The molecule has 0 aromatic heterocycles. The maximum Gasteiger partial charge on any atom is 0.298 e. The van der Waals surface area contributed by atoms with Crippen LogP contribution in [0, 0.1) is 35.8 Å². The Hall–Kier alpha value is -10.4. The molecule has 112 heavy (non-hydrogen) atoms. The number of nitrogen functional groups attached to an aromatic ring is 1. The highest BCUT2D eigenvalue weighted by atomic mass is 16.1. The summed E-state index contributed by atoms with van der Waals surface area (Å²) < 4.78 is 1.84. The molecule has 0 bridgehead atoms. The molecule has 0 heterocycles. The molecule has 0 radical (unpaired) electrons. The average Bonchev–Trinajstić information content (AvgIpc) is 0.855. The van der Waals surface area contributed by atoms with E-state index in [1.165, 1.54) is 172 Å². The van der Waals surface area contributed by atoms with Gasteiger partial charge in [-0.25, -0.2) is 16.7 Å². The van der Waals surface area contributed by atoms with Crippen molar-refractivity contribution in [2.24, 2.45) is 0 Å². The number of likely N-dealkylation sites (N-methyl/N-ethyl adjacent to an activating group) is 2. The van der Waals surface area contributed by atoms with Crippen LogP contribution in [-0.2, 0) is 51.7 Å². The van der Waals surface area contributed by atoms with Gasteiger partial charge in [0.15, 0.2) is 0 Å². The zero-order chi connectivity index (χ0) is 80.5. The predicted molar refractivity (Wildman–Crippen MR) is 479 cm³/mol. The number of aldehydes is 3. The van der Waals surface area contributed by atoms with Crippen LogP contribution < -0.4 is 20.9 Å². The number of allylic oxidation sites excluding steroid dienone is 1. The molecule has 600 valence electrons. The maximum absolute atomic E-state index is 11.0. The lowest BCUT2D eigenvalue weighted by Gasteiger charge is -2.30. The van der Waals surface area contributed by atoms with Gasteiger partial charge in [-0.15, -0.1) is 0 Å². The normalized spacial score (nSPS) is 10.4. The first-order valence-electron chi connectivity index (χ1n) is 40.0. The van der Waals surface area contributed by atoms with E-state index in [9.17, 15) is 14.4 Å². The van der Waals surface area contributed by atoms with Crippen LogP contribution in [0.5, 0.6) is 0 Å². The summed E-state index contributed by atoms with van der Waals surface area (Å²) >= 11 is 0. The molecule has 0 amide bonds. The number of nitrogens with one attached hydrogen (secondary N) is 1. The SMILES string of the molecule is C.C.CCCCCCc1ccc(CC)cc1.CCCCCCc1ccc(CN(CC[N+](C)(C)C)c2ccc(C=O)cc2)cc1.CCCCCCc1ccc(CNc2ccc(C=O)cc2)cc1.Nc1ccc(C=O)cc1.[C-]#[N+]/C(C#N)=C/c1ccc(N(CC[N+](C)(C)C)Cc2ccc(CCCCCC)cc2)cc1.[C-]#[N+]CC#N. The number of benzene rings is 8. The Morgan fingerprint density at radius 1 is 0.420 bits per heavy atom. The molecule has 3 N–H and O–H groups in total. The second-order valence-corrected chi connectivity index (χ2v) is 30.1. The van der Waals surface area contributed by atoms with E-state index in [0.29, 0.717) is 16.8 Å². The predicted octanol–water partition coefficient (Wildman–Crippen LogP) is 24.0. The lowest BCUT2D eigenvalue weighted by atomic mass is 10.0. The molecule has 13 heteroatoms. The number of rotatable bonds is 40. The van der Waals surface area contributed by atoms with E-state index in [0.717, 1.165) is 109 Å². The Labute approximate surface area is 679 Å². The van der Waals surface area contributed by atoms with Gasteiger partial charge in [0.05, 0.1) is 81.1 Å². The smallest absolute Gasteiger partial charge is 0.298 e. The molecule has 8 aromatic rings. The lowest BCUT2D eigenvalue weighted by Crippen LogP contribution is -2.42. The van der Waals surface area contributed by atoms with Crippen molar-refractivity contribution in [2.45, 2.75) is 204 Å². The van der Waals surface area contributed by atoms with Crippen molar-refractivity contribution in [3.63, 3.8) is 0 Å². The third-order valence-corrected chi connectivity index (χ3v) is 18.6. The summed E-state index contributed by atoms with van der Waals surface area (Å²) in [4.78, 5) is 42.5. The second-order valence-electron chi connectivity index (χ2n) is 30.1. The van der Waals surface area contributed by atoms with E-state index >= 15 is 0 Å². The standard InChI is InChI=1S/C28H37N4.C25H37N2O.C20H25NO.C14H22.C7H7NO.C3H2N2.2CH4/c1-6-7-8-9-10-24-11-13-26(14-12-24)23-31(19-20-32(3,4)5)28-17-15-25(16-18-28)21-27(22-29)30-2;1-5-6-7-8-9-22-10-12-23(13-11-22)20-26(18-19-27(2,3)4)25-16-14-24(21-28)15-17-25;1-2-3-4-5-6-17-7-9-18(10-8-17)15-21-20-13-11-19(16-22)12-14-20;1-3-5-6-7-8-14-11-9-13(4-2)10-12-14;8-7-3-1-6(5-9)2-4-7;1-5-3-2-4;;/h11-18,21H,6-10,19-20,23H2,1,3-5H3;10-17,21H,5-9,18-20H2,1-4H3;7-14,16,21H,2-6,15H2,1H3;9-12H,3-8H2,1-2H3;1-5H,8H2;3H2;2*1H4/q2*+1;;;;;;/b27-21+;;;;;;;. The zero-order valence-electron chi connectivity index (χ0n) is 68.7. The molecule has 0 saturated heterocycles. The summed E-state index contributed by atoms with van der Waals surface area (Å²) in [5.41, 5.74) is 23.6. The topological polar surface area (TPSA) is 152 Å². The molecular weight excluding hydrogens is 1380 g/mol. The fourth-order valence-corrected chi connectivity index (χ4v) is 11.6. The molecule has 13 nitrogen and oxygen atoms in total. The molecule has 0 aliphatic rings. The fourth-order valence-electron chi connectivity index (χ4n) is 11.6. The number of nitriles is 2. The van der Waals surface area contributed by atoms with Crippen molar-refractivity contribution >= 4 is 47.7 Å². The maximum atomic E-state index is 11.0. The number of nitrogens with zero attached hydrogens (tertiary/aromatic N) is 8. The number of carbonyl (C=O) groups is 3. The first-order chi connectivity index (χ1) is 53.2. The van der Waals surface area contributed by atoms with Crippen LogP contribution in [0.4, 0.5) is 22.7 Å². The van der Waals surface area contributed by atoms with Gasteiger partial charge < -0.3 is 34.7 Å². The van der Waals surface area contributed by atoms with Gasteiger partial charge in [-0.3, -0.25) is 14.4 Å². The van der Waals surface area contributed by atoms with Crippen molar-refractivity contribution in [3.05, 3.63) is 289 Å². The van der Waals surface area contributed by atoms with Crippen LogP contribution >= 0.6 is 0 Å². The average molecular weight is 1520 g/mol. The number of carbonyl (C=O) groups excluding carboxylic acids is 3. The second kappa shape index (κ2) is 60.3. The molecule has 8 aromatic carbocycles. The first-order valence-corrected chi connectivity index (χ1v) is 40.0. The minimum atomic E-state index is -0.0139. The number of hydrogen-bond acceptors (Lipinski definition) is 9. The Bertz CT molecular complexity index is 3930. The highest BCUT2D eigenvalue weighted by Gasteiger charge is 2.16. The molecular formula is C99H138N10O3+2. The van der Waals surface area contributed by atoms with Crippen molar-refractivity contribution in [3.8, 4) is 12.1 Å². The third-order valence-electron chi connectivity index (χ3n) is 18.6. The number of nitrogens with two attached hydrogens (primary N) is 1. The van der Waals surface area contributed by atoms with E-state index in [1.807, 2.05) is 54.6 Å². The van der Waals surface area contributed by atoms with Crippen LogP contribution in [0.3, 0.4) is 0 Å². The first kappa shape index (κ1) is 99.6. The molecule has 0 aliphatic heterocycles. The fraction of sp³-hybridized carbons (Fsp3) is 0.424. The van der Waals surface area contributed by atoms with Gasteiger partial charge in [0.1, 0.15) is 24.9 Å². The number of aryl methyl sites for hydroxylation is 5. The van der Waals surface area contributed by atoms with Gasteiger partial charge in [0.25, 0.3) is 12.2 Å². The quantitative estimate of drug-likeness (QED) is 0.00727. The summed E-state index contributed by atoms with van der Waals surface area (Å²) in [6.07, 6.45) is 31.2. The van der Waals surface area contributed by atoms with Gasteiger partial charge in [0.2, 0.25) is 0 Å². The molecule has 0 saturated carbocycles. The number of anilines is 4. The summed E-state index contributed by atoms with van der Waals surface area (Å²) in [5, 5.41) is 20.0. The van der Waals surface area contributed by atoms with Crippen molar-refractivity contribution in [2.75, 3.05) is 95.9 Å². The van der Waals surface area contributed by atoms with Gasteiger partial charge in [-0.1, -0.05) is 236 Å². The van der Waals surface area contributed by atoms with E-state index in [-0.39, 0.29) is 27.1 Å². The van der Waals surface area contributed by atoms with Crippen LogP contribution in [0.2, 0.25) is 0 Å². The largest absolute Gasteiger partial charge is 0.399 e. The molecule has 0 atom stereocenters. The van der Waals surface area contributed by atoms with Crippen LogP contribution in [-0.4, -0.2) is 103 Å². The van der Waals surface area contributed by atoms with Gasteiger partial charge in [-0.05, 0) is 199 Å². The molecule has 0 unspecified atom stereocenters. The monoisotopic (exact) mass is 1520 g/mol. The molecule has 0 fully saturated rings. The van der Waals surface area contributed by atoms with E-state index in [2.05, 4.69) is 223 Å². The van der Waals surface area contributed by atoms with Crippen LogP contribution in [0.15, 0.2) is 200 Å². The Morgan fingerprint density at radius 3 is 1.02 bits per heavy atom. The zero-order valence-corrected chi connectivity index (χ0v) is 68.7. The molecule has 8 rings (SSSR count). The van der Waals surface area contributed by atoms with Crippen molar-refractivity contribution < 1.29 is 23.3 Å².